The van der Waals surface area contributed by atoms with E-state index in [9.17, 15) is 5.26 Å². The number of hydrogen-bond donors (Lipinski definition) is 0. The largest absolute Gasteiger partial charge is 0.363 e. The van der Waals surface area contributed by atoms with Crippen molar-refractivity contribution in [2.75, 3.05) is 30.4 Å². The Morgan fingerprint density at radius 2 is 1.83 bits per heavy atom. The Labute approximate surface area is 170 Å². The van der Waals surface area contributed by atoms with Crippen molar-refractivity contribution >= 4 is 11.6 Å². The van der Waals surface area contributed by atoms with E-state index in [4.69, 9.17) is 4.98 Å². The van der Waals surface area contributed by atoms with Crippen molar-refractivity contribution in [1.29, 1.82) is 5.26 Å². The molecule has 0 aromatic carbocycles. The summed E-state index contributed by atoms with van der Waals surface area (Å²) >= 11 is 0. The SMILES string of the molecule is Cc1c(C#N)nnc(N2CCc3ncc(-c4ccc(N(C)C)nc4)cc3C2)c1C. The number of aromatic nitrogens is 4. The molecule has 3 aromatic heterocycles. The summed E-state index contributed by atoms with van der Waals surface area (Å²) in [6, 6.07) is 8.39. The van der Waals surface area contributed by atoms with E-state index < -0.39 is 0 Å². The Balaban J connectivity index is 1.63. The molecule has 146 valence electrons. The fourth-order valence-corrected chi connectivity index (χ4v) is 3.59. The Kier molecular flexibility index (Phi) is 4.85. The topological polar surface area (TPSA) is 81.8 Å². The van der Waals surface area contributed by atoms with E-state index >= 15 is 0 Å². The number of pyridine rings is 2. The maximum Gasteiger partial charge on any atom is 0.166 e. The van der Waals surface area contributed by atoms with Gasteiger partial charge in [-0.05, 0) is 48.7 Å². The van der Waals surface area contributed by atoms with Crippen molar-refractivity contribution < 1.29 is 0 Å². The summed E-state index contributed by atoms with van der Waals surface area (Å²) in [6.45, 7) is 5.48. The quantitative estimate of drug-likeness (QED) is 0.685. The molecule has 0 amide bonds. The van der Waals surface area contributed by atoms with Crippen molar-refractivity contribution in [2.24, 2.45) is 0 Å². The van der Waals surface area contributed by atoms with Crippen LogP contribution in [0.15, 0.2) is 30.6 Å². The lowest BCUT2D eigenvalue weighted by Crippen LogP contribution is -2.32. The van der Waals surface area contributed by atoms with Crippen LogP contribution in [0.25, 0.3) is 11.1 Å². The van der Waals surface area contributed by atoms with E-state index in [1.807, 2.05) is 51.3 Å². The van der Waals surface area contributed by atoms with Gasteiger partial charge in [0.05, 0.1) is 0 Å². The van der Waals surface area contributed by atoms with Crippen molar-refractivity contribution in [3.8, 4) is 17.2 Å². The first-order valence-electron chi connectivity index (χ1n) is 9.58. The third kappa shape index (κ3) is 3.49. The summed E-state index contributed by atoms with van der Waals surface area (Å²) in [6.07, 6.45) is 4.67. The van der Waals surface area contributed by atoms with Crippen LogP contribution in [0.2, 0.25) is 0 Å². The molecule has 0 atom stereocenters. The van der Waals surface area contributed by atoms with Crippen LogP contribution >= 0.6 is 0 Å². The van der Waals surface area contributed by atoms with Gasteiger partial charge in [0.1, 0.15) is 11.9 Å². The van der Waals surface area contributed by atoms with Gasteiger partial charge in [0.25, 0.3) is 0 Å². The van der Waals surface area contributed by atoms with Crippen molar-refractivity contribution in [2.45, 2.75) is 26.8 Å². The third-order valence-corrected chi connectivity index (χ3v) is 5.48. The van der Waals surface area contributed by atoms with Gasteiger partial charge in [0, 0.05) is 62.8 Å². The van der Waals surface area contributed by atoms with Crippen LogP contribution in [0.4, 0.5) is 11.6 Å². The second-order valence-electron chi connectivity index (χ2n) is 7.53. The summed E-state index contributed by atoms with van der Waals surface area (Å²) < 4.78 is 0. The molecule has 4 rings (SSSR count). The standard InChI is InChI=1S/C22H23N7/c1-14-15(2)22(27-26-20(14)10-23)29-8-7-19-18(13-29)9-17(12-24-19)16-5-6-21(25-11-16)28(3)4/h5-6,9,11-12H,7-8,13H2,1-4H3. The molecule has 0 bridgehead atoms. The zero-order valence-electron chi connectivity index (χ0n) is 17.1. The van der Waals surface area contributed by atoms with Gasteiger partial charge < -0.3 is 9.80 Å². The molecule has 4 heterocycles. The normalized spacial score (nSPS) is 13.0. The van der Waals surface area contributed by atoms with Crippen LogP contribution in [0.3, 0.4) is 0 Å². The van der Waals surface area contributed by atoms with Gasteiger partial charge in [-0.3, -0.25) is 4.98 Å². The summed E-state index contributed by atoms with van der Waals surface area (Å²) in [5, 5.41) is 17.6. The van der Waals surface area contributed by atoms with Crippen LogP contribution in [0.5, 0.6) is 0 Å². The van der Waals surface area contributed by atoms with E-state index in [1.165, 1.54) is 5.56 Å². The smallest absolute Gasteiger partial charge is 0.166 e. The molecule has 1 aliphatic heterocycles. The van der Waals surface area contributed by atoms with Gasteiger partial charge in [-0.1, -0.05) is 0 Å². The molecule has 0 saturated heterocycles. The highest BCUT2D eigenvalue weighted by molar-refractivity contribution is 5.65. The number of fused-ring (bicyclic) bond motifs is 1. The van der Waals surface area contributed by atoms with E-state index in [1.54, 1.807) is 0 Å². The van der Waals surface area contributed by atoms with Crippen LogP contribution in [0, 0.1) is 25.2 Å². The molecule has 3 aromatic rings. The molecule has 0 fully saturated rings. The first-order valence-corrected chi connectivity index (χ1v) is 9.58. The summed E-state index contributed by atoms with van der Waals surface area (Å²) in [5.41, 5.74) is 6.71. The Hall–Kier alpha value is -3.53. The first-order chi connectivity index (χ1) is 14.0. The van der Waals surface area contributed by atoms with Crippen LogP contribution in [-0.4, -0.2) is 40.8 Å². The number of nitrogens with zero attached hydrogens (tertiary/aromatic N) is 7. The number of hydrogen-bond acceptors (Lipinski definition) is 7. The van der Waals surface area contributed by atoms with Crippen molar-refractivity contribution in [3.63, 3.8) is 0 Å². The molecule has 1 aliphatic rings. The molecule has 0 unspecified atom stereocenters. The van der Waals surface area contributed by atoms with Gasteiger partial charge >= 0.3 is 0 Å². The highest BCUT2D eigenvalue weighted by atomic mass is 15.3. The number of anilines is 2. The first kappa shape index (κ1) is 18.8. The predicted molar refractivity (Wildman–Crippen MR) is 113 cm³/mol. The lowest BCUT2D eigenvalue weighted by Gasteiger charge is -2.30. The fourth-order valence-electron chi connectivity index (χ4n) is 3.59. The molecule has 0 aliphatic carbocycles. The second kappa shape index (κ2) is 7.47. The fraction of sp³-hybridized carbons (Fsp3) is 0.318. The average molecular weight is 385 g/mol. The lowest BCUT2D eigenvalue weighted by atomic mass is 10.0. The minimum Gasteiger partial charge on any atom is -0.363 e. The van der Waals surface area contributed by atoms with Crippen molar-refractivity contribution in [3.05, 3.63) is 58.7 Å². The molecular formula is C22H23N7. The van der Waals surface area contributed by atoms with Crippen LogP contribution in [-0.2, 0) is 13.0 Å². The minimum absolute atomic E-state index is 0.390. The molecule has 0 radical (unpaired) electrons. The molecule has 0 saturated carbocycles. The molecule has 0 spiro atoms. The summed E-state index contributed by atoms with van der Waals surface area (Å²) in [7, 11) is 3.96. The highest BCUT2D eigenvalue weighted by Crippen LogP contribution is 2.29. The highest BCUT2D eigenvalue weighted by Gasteiger charge is 2.22. The summed E-state index contributed by atoms with van der Waals surface area (Å²) in [4.78, 5) is 13.4. The van der Waals surface area contributed by atoms with Crippen molar-refractivity contribution in [1.82, 2.24) is 20.2 Å². The Morgan fingerprint density at radius 1 is 1.03 bits per heavy atom. The number of rotatable bonds is 3. The van der Waals surface area contributed by atoms with E-state index in [2.05, 4.69) is 38.3 Å². The molecular weight excluding hydrogens is 362 g/mol. The average Bonchev–Trinajstić information content (AvgIpc) is 2.75. The molecule has 7 nitrogen and oxygen atoms in total. The van der Waals surface area contributed by atoms with Crippen LogP contribution < -0.4 is 9.80 Å². The lowest BCUT2D eigenvalue weighted by molar-refractivity contribution is 0.692. The zero-order chi connectivity index (χ0) is 20.5. The van der Waals surface area contributed by atoms with Gasteiger partial charge in [-0.15, -0.1) is 10.2 Å². The maximum atomic E-state index is 9.18. The van der Waals surface area contributed by atoms with Crippen LogP contribution in [0.1, 0.15) is 28.1 Å². The van der Waals surface area contributed by atoms with Gasteiger partial charge in [0.15, 0.2) is 11.5 Å². The van der Waals surface area contributed by atoms with E-state index in [0.29, 0.717) is 5.69 Å². The summed E-state index contributed by atoms with van der Waals surface area (Å²) in [5.74, 6) is 1.77. The second-order valence-corrected chi connectivity index (χ2v) is 7.53. The van der Waals surface area contributed by atoms with E-state index in [-0.39, 0.29) is 0 Å². The van der Waals surface area contributed by atoms with Gasteiger partial charge in [-0.2, -0.15) is 5.26 Å². The predicted octanol–water partition coefficient (Wildman–Crippen LogP) is 3.05. The third-order valence-electron chi connectivity index (χ3n) is 5.48. The van der Waals surface area contributed by atoms with E-state index in [0.717, 1.165) is 59.1 Å². The zero-order valence-corrected chi connectivity index (χ0v) is 17.1. The van der Waals surface area contributed by atoms with Gasteiger partial charge in [-0.25, -0.2) is 4.98 Å². The number of nitriles is 1. The molecule has 29 heavy (non-hydrogen) atoms. The van der Waals surface area contributed by atoms with Gasteiger partial charge in [0.2, 0.25) is 0 Å². The maximum absolute atomic E-state index is 9.18. The molecule has 7 heteroatoms. The monoisotopic (exact) mass is 385 g/mol. The Morgan fingerprint density at radius 3 is 2.52 bits per heavy atom. The Bertz CT molecular complexity index is 1100. The molecule has 0 N–H and O–H groups in total. The minimum atomic E-state index is 0.390.